The molecule has 46 heavy (non-hydrogen) atoms. The minimum absolute atomic E-state index is 0.0715. The second-order valence-corrected chi connectivity index (χ2v) is 13.7. The first-order valence-corrected chi connectivity index (χ1v) is 20.2. The number of hydrogen-bond acceptors (Lipinski definition) is 3. The standard InChI is InChI=1S/C42H79NO3/c1-3-5-7-9-11-13-14-15-16-17-18-19-20-21-22-23-24-25-26-27-28-30-32-34-36-38-42(46)43-40(39-44)41(45)37-35-33-31-29-12-10-8-6-4-2/h18-19,21-22,35,37,40-41,44-45H,3-17,20,23-34,36,38-39H2,1-2H3,(H,43,46)/b19-18-,22-21-,37-35+. The molecule has 4 heteroatoms. The van der Waals surface area contributed by atoms with Gasteiger partial charge in [0.25, 0.3) is 0 Å². The molecular formula is C42H79NO3. The van der Waals surface area contributed by atoms with Gasteiger partial charge in [-0.3, -0.25) is 4.79 Å². The van der Waals surface area contributed by atoms with Gasteiger partial charge in [-0.25, -0.2) is 0 Å². The van der Waals surface area contributed by atoms with Crippen molar-refractivity contribution >= 4 is 5.91 Å². The first-order chi connectivity index (χ1) is 22.7. The highest BCUT2D eigenvalue weighted by atomic mass is 16.3. The molecule has 0 aromatic rings. The summed E-state index contributed by atoms with van der Waals surface area (Å²) in [5, 5.41) is 22.8. The molecule has 0 saturated carbocycles. The molecule has 0 bridgehead atoms. The second-order valence-electron chi connectivity index (χ2n) is 13.7. The maximum Gasteiger partial charge on any atom is 0.220 e. The van der Waals surface area contributed by atoms with E-state index >= 15 is 0 Å². The van der Waals surface area contributed by atoms with Crippen LogP contribution in [0.25, 0.3) is 0 Å². The summed E-state index contributed by atoms with van der Waals surface area (Å²) in [6.07, 6.45) is 49.6. The van der Waals surface area contributed by atoms with Crippen molar-refractivity contribution in [3.05, 3.63) is 36.5 Å². The molecule has 0 aromatic heterocycles. The van der Waals surface area contributed by atoms with Gasteiger partial charge in [0.15, 0.2) is 0 Å². The molecule has 0 spiro atoms. The van der Waals surface area contributed by atoms with E-state index in [1.165, 1.54) is 154 Å². The van der Waals surface area contributed by atoms with Crippen LogP contribution in [0.1, 0.15) is 206 Å². The van der Waals surface area contributed by atoms with Crippen molar-refractivity contribution in [2.75, 3.05) is 6.61 Å². The third-order valence-corrected chi connectivity index (χ3v) is 9.12. The van der Waals surface area contributed by atoms with Gasteiger partial charge in [-0.15, -0.1) is 0 Å². The molecule has 0 heterocycles. The van der Waals surface area contributed by atoms with Gasteiger partial charge >= 0.3 is 0 Å². The van der Waals surface area contributed by atoms with Crippen LogP contribution < -0.4 is 5.32 Å². The van der Waals surface area contributed by atoms with Crippen LogP contribution >= 0.6 is 0 Å². The van der Waals surface area contributed by atoms with E-state index in [9.17, 15) is 15.0 Å². The zero-order valence-corrected chi connectivity index (χ0v) is 30.8. The summed E-state index contributed by atoms with van der Waals surface area (Å²) in [6.45, 7) is 4.27. The monoisotopic (exact) mass is 646 g/mol. The lowest BCUT2D eigenvalue weighted by molar-refractivity contribution is -0.123. The fraction of sp³-hybridized carbons (Fsp3) is 0.833. The van der Waals surface area contributed by atoms with E-state index in [0.29, 0.717) is 6.42 Å². The van der Waals surface area contributed by atoms with E-state index in [2.05, 4.69) is 43.5 Å². The van der Waals surface area contributed by atoms with Crippen LogP contribution in [0.3, 0.4) is 0 Å². The largest absolute Gasteiger partial charge is 0.394 e. The summed E-state index contributed by atoms with van der Waals surface area (Å²) in [4.78, 5) is 12.3. The van der Waals surface area contributed by atoms with Crippen molar-refractivity contribution in [3.63, 3.8) is 0 Å². The number of allylic oxidation sites excluding steroid dienone is 5. The minimum atomic E-state index is -0.837. The average molecular weight is 646 g/mol. The molecule has 270 valence electrons. The molecule has 0 radical (unpaired) electrons. The summed E-state index contributed by atoms with van der Waals surface area (Å²) in [7, 11) is 0. The average Bonchev–Trinajstić information content (AvgIpc) is 3.06. The normalized spacial score (nSPS) is 13.4. The number of unbranched alkanes of at least 4 members (excludes halogenated alkanes) is 25. The molecule has 0 aromatic carbocycles. The highest BCUT2D eigenvalue weighted by molar-refractivity contribution is 5.76. The van der Waals surface area contributed by atoms with E-state index in [0.717, 1.165) is 32.1 Å². The quantitative estimate of drug-likeness (QED) is 0.0469. The Morgan fingerprint density at radius 2 is 0.891 bits per heavy atom. The molecular weight excluding hydrogens is 566 g/mol. The Hall–Kier alpha value is -1.39. The molecule has 4 nitrogen and oxygen atoms in total. The van der Waals surface area contributed by atoms with Gasteiger partial charge in [0, 0.05) is 6.42 Å². The summed E-state index contributed by atoms with van der Waals surface area (Å²) in [5.74, 6) is -0.0715. The van der Waals surface area contributed by atoms with Gasteiger partial charge < -0.3 is 15.5 Å². The van der Waals surface area contributed by atoms with Gasteiger partial charge in [0.2, 0.25) is 5.91 Å². The molecule has 2 atom stereocenters. The zero-order chi connectivity index (χ0) is 33.6. The summed E-state index contributed by atoms with van der Waals surface area (Å²) >= 11 is 0. The van der Waals surface area contributed by atoms with Crippen LogP contribution in [0.15, 0.2) is 36.5 Å². The lowest BCUT2D eigenvalue weighted by Gasteiger charge is -2.20. The van der Waals surface area contributed by atoms with Crippen LogP contribution in [-0.2, 0) is 4.79 Å². The first-order valence-electron chi connectivity index (χ1n) is 20.2. The van der Waals surface area contributed by atoms with E-state index in [-0.39, 0.29) is 12.5 Å². The second kappa shape index (κ2) is 38.1. The molecule has 0 aliphatic carbocycles. The molecule has 0 aliphatic heterocycles. The maximum atomic E-state index is 12.3. The summed E-state index contributed by atoms with van der Waals surface area (Å²) in [5.41, 5.74) is 0. The lowest BCUT2D eigenvalue weighted by Crippen LogP contribution is -2.45. The van der Waals surface area contributed by atoms with E-state index in [4.69, 9.17) is 0 Å². The van der Waals surface area contributed by atoms with Crippen molar-refractivity contribution in [2.45, 2.75) is 219 Å². The van der Waals surface area contributed by atoms with Crippen LogP contribution in [0.2, 0.25) is 0 Å². The molecule has 0 saturated heterocycles. The first kappa shape index (κ1) is 44.6. The lowest BCUT2D eigenvalue weighted by atomic mass is 10.0. The van der Waals surface area contributed by atoms with Crippen molar-refractivity contribution in [3.8, 4) is 0 Å². The van der Waals surface area contributed by atoms with Crippen LogP contribution in [0, 0.1) is 0 Å². The van der Waals surface area contributed by atoms with Crippen molar-refractivity contribution in [1.29, 1.82) is 0 Å². The number of nitrogens with one attached hydrogen (secondary N) is 1. The van der Waals surface area contributed by atoms with E-state index in [1.54, 1.807) is 6.08 Å². The highest BCUT2D eigenvalue weighted by Crippen LogP contribution is 2.13. The predicted octanol–water partition coefficient (Wildman–Crippen LogP) is 12.2. The fourth-order valence-corrected chi connectivity index (χ4v) is 5.97. The number of amides is 1. The highest BCUT2D eigenvalue weighted by Gasteiger charge is 2.17. The van der Waals surface area contributed by atoms with Crippen molar-refractivity contribution in [2.24, 2.45) is 0 Å². The van der Waals surface area contributed by atoms with E-state index in [1.807, 2.05) is 6.08 Å². The number of carbonyl (C=O) groups excluding carboxylic acids is 1. The van der Waals surface area contributed by atoms with Crippen LogP contribution in [-0.4, -0.2) is 34.9 Å². The number of rotatable bonds is 36. The minimum Gasteiger partial charge on any atom is -0.394 e. The van der Waals surface area contributed by atoms with Crippen molar-refractivity contribution < 1.29 is 15.0 Å². The van der Waals surface area contributed by atoms with Gasteiger partial charge in [-0.05, 0) is 51.4 Å². The van der Waals surface area contributed by atoms with Crippen LogP contribution in [0.5, 0.6) is 0 Å². The summed E-state index contributed by atoms with van der Waals surface area (Å²) in [6, 6.07) is -0.621. The Morgan fingerprint density at radius 1 is 0.522 bits per heavy atom. The Balaban J connectivity index is 3.53. The van der Waals surface area contributed by atoms with Gasteiger partial charge in [-0.2, -0.15) is 0 Å². The molecule has 0 aliphatic rings. The molecule has 0 fully saturated rings. The third-order valence-electron chi connectivity index (χ3n) is 9.12. The Morgan fingerprint density at radius 3 is 1.30 bits per heavy atom. The predicted molar refractivity (Wildman–Crippen MR) is 202 cm³/mol. The van der Waals surface area contributed by atoms with Crippen molar-refractivity contribution in [1.82, 2.24) is 5.32 Å². The Bertz CT molecular complexity index is 701. The topological polar surface area (TPSA) is 69.6 Å². The number of aliphatic hydroxyl groups excluding tert-OH is 2. The zero-order valence-electron chi connectivity index (χ0n) is 30.8. The van der Waals surface area contributed by atoms with Gasteiger partial charge in [0.1, 0.15) is 0 Å². The number of aliphatic hydroxyl groups is 2. The Kier molecular flexibility index (Phi) is 36.9. The molecule has 0 rings (SSSR count). The number of hydrogen-bond donors (Lipinski definition) is 3. The van der Waals surface area contributed by atoms with E-state index < -0.39 is 12.1 Å². The van der Waals surface area contributed by atoms with Gasteiger partial charge in [0.05, 0.1) is 18.8 Å². The summed E-state index contributed by atoms with van der Waals surface area (Å²) < 4.78 is 0. The molecule has 2 unspecified atom stereocenters. The fourth-order valence-electron chi connectivity index (χ4n) is 5.97. The Labute approximate surface area is 287 Å². The smallest absolute Gasteiger partial charge is 0.220 e. The molecule has 1 amide bonds. The van der Waals surface area contributed by atoms with Gasteiger partial charge in [-0.1, -0.05) is 185 Å². The SMILES string of the molecule is CCCCCCCCC/C=C/C(O)C(CO)NC(=O)CCCCCCCCCCC/C=C\C/C=C\CCCCCCCCCCC. The maximum absolute atomic E-state index is 12.3. The third kappa shape index (κ3) is 34.0. The molecule has 3 N–H and O–H groups in total. The number of carbonyl (C=O) groups is 1. The van der Waals surface area contributed by atoms with Crippen LogP contribution in [0.4, 0.5) is 0 Å².